The molecule has 9 nitrogen and oxygen atoms in total. The number of aryl methyl sites for hydroxylation is 1. The molecular formula is C30H39N3O6SSi. The molecule has 0 saturated heterocycles. The molecule has 1 aliphatic heterocycles. The molecule has 2 aromatic carbocycles. The Morgan fingerprint density at radius 3 is 2.54 bits per heavy atom. The van der Waals surface area contributed by atoms with Gasteiger partial charge in [-0.1, -0.05) is 45.0 Å². The van der Waals surface area contributed by atoms with Crippen molar-refractivity contribution < 1.29 is 27.5 Å². The van der Waals surface area contributed by atoms with Crippen LogP contribution in [0.2, 0.25) is 18.1 Å². The van der Waals surface area contributed by atoms with Gasteiger partial charge >= 0.3 is 6.09 Å². The highest BCUT2D eigenvalue weighted by Crippen LogP contribution is 2.40. The van der Waals surface area contributed by atoms with Crippen LogP contribution in [0, 0.1) is 0 Å². The summed E-state index contributed by atoms with van der Waals surface area (Å²) in [7, 11) is -6.03. The van der Waals surface area contributed by atoms with Crippen LogP contribution in [0.3, 0.4) is 0 Å². The number of benzene rings is 2. The Kier molecular flexibility index (Phi) is 8.93. The number of nitrogens with two attached hydrogens (primary N) is 1. The minimum Gasteiger partial charge on any atom is -0.488 e. The lowest BCUT2D eigenvalue weighted by atomic mass is 9.97. The molecule has 2 heterocycles. The molecule has 0 spiro atoms. The third kappa shape index (κ3) is 7.53. The summed E-state index contributed by atoms with van der Waals surface area (Å²) in [6.45, 7) is 11.1. The largest absolute Gasteiger partial charge is 0.488 e. The maximum absolute atomic E-state index is 12.4. The molecule has 1 amide bonds. The number of fused-ring (bicyclic) bond motifs is 1. The average molecular weight is 598 g/mol. The van der Waals surface area contributed by atoms with Crippen LogP contribution in [-0.2, 0) is 20.9 Å². The van der Waals surface area contributed by atoms with E-state index in [2.05, 4.69) is 38.8 Å². The van der Waals surface area contributed by atoms with E-state index in [4.69, 9.17) is 14.3 Å². The van der Waals surface area contributed by atoms with Gasteiger partial charge in [0.1, 0.15) is 11.9 Å². The van der Waals surface area contributed by atoms with Crippen LogP contribution in [0.15, 0.2) is 71.9 Å². The fourth-order valence-electron chi connectivity index (χ4n) is 4.59. The molecule has 0 unspecified atom stereocenters. The van der Waals surface area contributed by atoms with E-state index in [1.54, 1.807) is 24.5 Å². The number of ether oxygens (including phenoxy) is 1. The number of aromatic nitrogens is 1. The van der Waals surface area contributed by atoms with Crippen molar-refractivity contribution in [3.05, 3.63) is 78.1 Å². The molecule has 0 saturated carbocycles. The molecule has 4 rings (SSSR count). The fourth-order valence-corrected chi connectivity index (χ4v) is 6.43. The second kappa shape index (κ2) is 11.9. The summed E-state index contributed by atoms with van der Waals surface area (Å²) in [6, 6.07) is 16.0. The number of amides is 1. The standard InChI is InChI=1S/C30H39N3O6SSi/c1-30(2,3)41(4,5)39-28(24-9-7-15-32-18-24)20-33(29(34)35)19-25-13-11-23-16-22(12-14-27(23)38-25)21-8-6-10-26(17-21)40(31,36)37/h6-10,12,14-18,25,28H,11,13,19-20H2,1-5H3,(H,34,35)(H2,31,36,37)/t25-,28+/m0/s1. The van der Waals surface area contributed by atoms with Crippen molar-refractivity contribution in [2.75, 3.05) is 13.1 Å². The highest BCUT2D eigenvalue weighted by molar-refractivity contribution is 7.89. The van der Waals surface area contributed by atoms with Gasteiger partial charge in [0.25, 0.3) is 0 Å². The molecule has 11 heteroatoms. The maximum atomic E-state index is 12.4. The van der Waals surface area contributed by atoms with Gasteiger partial charge in [-0.15, -0.1) is 0 Å². The number of hydrogen-bond acceptors (Lipinski definition) is 6. The summed E-state index contributed by atoms with van der Waals surface area (Å²) in [4.78, 5) is 18.1. The molecule has 0 aliphatic carbocycles. The van der Waals surface area contributed by atoms with E-state index >= 15 is 0 Å². The lowest BCUT2D eigenvalue weighted by Crippen LogP contribution is -2.46. The van der Waals surface area contributed by atoms with Gasteiger partial charge in [0.15, 0.2) is 8.32 Å². The monoisotopic (exact) mass is 597 g/mol. The van der Waals surface area contributed by atoms with E-state index in [1.165, 1.54) is 11.0 Å². The van der Waals surface area contributed by atoms with E-state index in [9.17, 15) is 18.3 Å². The molecule has 0 bridgehead atoms. The van der Waals surface area contributed by atoms with E-state index < -0.39 is 30.5 Å². The van der Waals surface area contributed by atoms with Gasteiger partial charge in [0.2, 0.25) is 10.0 Å². The van der Waals surface area contributed by atoms with Gasteiger partial charge in [0.05, 0.1) is 24.1 Å². The fraction of sp³-hybridized carbons (Fsp3) is 0.400. The first-order valence-electron chi connectivity index (χ1n) is 13.6. The van der Waals surface area contributed by atoms with E-state index in [0.717, 1.165) is 22.3 Å². The predicted molar refractivity (Wildman–Crippen MR) is 161 cm³/mol. The van der Waals surface area contributed by atoms with Crippen molar-refractivity contribution in [1.29, 1.82) is 0 Å². The number of carboxylic acid groups (broad SMARTS) is 1. The Labute approximate surface area is 243 Å². The Bertz CT molecular complexity index is 1490. The van der Waals surface area contributed by atoms with Crippen LogP contribution in [0.1, 0.15) is 44.4 Å². The zero-order valence-electron chi connectivity index (χ0n) is 24.2. The molecule has 0 fully saturated rings. The van der Waals surface area contributed by atoms with Gasteiger partial charge in [-0.25, -0.2) is 18.4 Å². The van der Waals surface area contributed by atoms with Gasteiger partial charge in [-0.3, -0.25) is 4.98 Å². The molecule has 220 valence electrons. The van der Waals surface area contributed by atoms with Crippen LogP contribution >= 0.6 is 0 Å². The zero-order chi connectivity index (χ0) is 30.0. The topological polar surface area (TPSA) is 132 Å². The van der Waals surface area contributed by atoms with Crippen molar-refractivity contribution in [2.45, 2.75) is 68.8 Å². The van der Waals surface area contributed by atoms with Crippen LogP contribution in [0.5, 0.6) is 5.75 Å². The molecular weight excluding hydrogens is 558 g/mol. The van der Waals surface area contributed by atoms with Gasteiger partial charge in [0, 0.05) is 12.4 Å². The van der Waals surface area contributed by atoms with Crippen molar-refractivity contribution in [3.8, 4) is 16.9 Å². The summed E-state index contributed by atoms with van der Waals surface area (Å²) >= 11 is 0. The molecule has 2 atom stereocenters. The van der Waals surface area contributed by atoms with Gasteiger partial charge < -0.3 is 19.2 Å². The molecule has 3 N–H and O–H groups in total. The Morgan fingerprint density at radius 2 is 1.90 bits per heavy atom. The number of nitrogens with zero attached hydrogens (tertiary/aromatic N) is 2. The number of hydrogen-bond donors (Lipinski definition) is 2. The first-order valence-corrected chi connectivity index (χ1v) is 18.1. The second-order valence-electron chi connectivity index (χ2n) is 12.0. The number of pyridine rings is 1. The lowest BCUT2D eigenvalue weighted by molar-refractivity contribution is 0.0688. The molecule has 3 aromatic rings. The Hall–Kier alpha value is -3.25. The van der Waals surface area contributed by atoms with E-state index in [0.29, 0.717) is 18.6 Å². The first-order chi connectivity index (χ1) is 19.1. The minimum absolute atomic E-state index is 0.0452. The minimum atomic E-state index is -3.81. The predicted octanol–water partition coefficient (Wildman–Crippen LogP) is 5.83. The van der Waals surface area contributed by atoms with Crippen molar-refractivity contribution in [1.82, 2.24) is 9.88 Å². The van der Waals surface area contributed by atoms with Crippen LogP contribution in [0.4, 0.5) is 4.79 Å². The summed E-state index contributed by atoms with van der Waals surface area (Å²) < 4.78 is 36.5. The number of primary sulfonamides is 1. The second-order valence-corrected chi connectivity index (χ2v) is 18.3. The maximum Gasteiger partial charge on any atom is 0.407 e. The van der Waals surface area contributed by atoms with Crippen molar-refractivity contribution in [2.24, 2.45) is 5.14 Å². The molecule has 41 heavy (non-hydrogen) atoms. The summed E-state index contributed by atoms with van der Waals surface area (Å²) in [6.07, 6.45) is 2.96. The number of rotatable bonds is 9. The summed E-state index contributed by atoms with van der Waals surface area (Å²) in [5.74, 6) is 0.694. The third-order valence-corrected chi connectivity index (χ3v) is 13.4. The molecule has 1 aromatic heterocycles. The normalized spacial score (nSPS) is 16.4. The highest BCUT2D eigenvalue weighted by Gasteiger charge is 2.40. The Balaban J connectivity index is 1.50. The Morgan fingerprint density at radius 1 is 1.17 bits per heavy atom. The average Bonchev–Trinajstić information content (AvgIpc) is 2.91. The summed E-state index contributed by atoms with van der Waals surface area (Å²) in [5.41, 5.74) is 3.42. The molecule has 1 aliphatic rings. The zero-order valence-corrected chi connectivity index (χ0v) is 26.0. The summed E-state index contributed by atoms with van der Waals surface area (Å²) in [5, 5.41) is 15.4. The third-order valence-electron chi connectivity index (χ3n) is 7.97. The number of carbonyl (C=O) groups is 1. The van der Waals surface area contributed by atoms with E-state index in [-0.39, 0.29) is 29.1 Å². The van der Waals surface area contributed by atoms with Crippen molar-refractivity contribution >= 4 is 24.4 Å². The van der Waals surface area contributed by atoms with Gasteiger partial charge in [-0.05, 0) is 83.6 Å². The first kappa shape index (κ1) is 30.7. The smallest absolute Gasteiger partial charge is 0.407 e. The van der Waals surface area contributed by atoms with Crippen LogP contribution in [-0.4, -0.2) is 57.0 Å². The lowest BCUT2D eigenvalue weighted by Gasteiger charge is -2.40. The van der Waals surface area contributed by atoms with Gasteiger partial charge in [-0.2, -0.15) is 0 Å². The van der Waals surface area contributed by atoms with E-state index in [1.807, 2.05) is 36.4 Å². The quantitative estimate of drug-likeness (QED) is 0.297. The molecule has 0 radical (unpaired) electrons. The highest BCUT2D eigenvalue weighted by atomic mass is 32.2. The SMILES string of the molecule is CC(C)(C)[Si](C)(C)O[C@H](CN(C[C@@H]1CCc2cc(-c3cccc(S(N)(=O)=O)c3)ccc2O1)C(=O)O)c1cccnc1. The number of sulfonamides is 1. The van der Waals surface area contributed by atoms with Crippen LogP contribution in [0.25, 0.3) is 11.1 Å². The van der Waals surface area contributed by atoms with Crippen molar-refractivity contribution in [3.63, 3.8) is 0 Å². The van der Waals surface area contributed by atoms with Crippen LogP contribution < -0.4 is 9.88 Å².